The molecule has 0 amide bonds. The van der Waals surface area contributed by atoms with Crippen molar-refractivity contribution in [2.24, 2.45) is 0 Å². The zero-order valence-electron chi connectivity index (χ0n) is 9.75. The summed E-state index contributed by atoms with van der Waals surface area (Å²) >= 11 is 0. The van der Waals surface area contributed by atoms with Crippen molar-refractivity contribution in [3.63, 3.8) is 0 Å². The maximum absolute atomic E-state index is 10.9. The van der Waals surface area contributed by atoms with E-state index in [0.29, 0.717) is 19.6 Å². The number of carbonyl (C=O) groups is 1. The fourth-order valence-corrected chi connectivity index (χ4v) is 1.05. The average molecular weight is 215 g/mol. The average Bonchev–Trinajstić information content (AvgIpc) is 2.13. The Hall–Kier alpha value is -0.870. The van der Waals surface area contributed by atoms with Crippen LogP contribution in [0.2, 0.25) is 0 Å². The number of aliphatic hydroxyl groups excluding tert-OH is 1. The van der Waals surface area contributed by atoms with Gasteiger partial charge < -0.3 is 15.2 Å². The van der Waals surface area contributed by atoms with Gasteiger partial charge in [-0.05, 0) is 27.2 Å². The molecule has 0 unspecified atom stereocenters. The molecule has 0 radical (unpaired) electrons. The molecule has 4 nitrogen and oxygen atoms in total. The minimum Gasteiger partial charge on any atom is -0.463 e. The molecule has 0 rings (SSSR count). The maximum Gasteiger partial charge on any atom is 0.330 e. The van der Waals surface area contributed by atoms with E-state index in [1.165, 1.54) is 6.08 Å². The molecular weight excluding hydrogens is 194 g/mol. The van der Waals surface area contributed by atoms with Crippen LogP contribution in [-0.4, -0.2) is 36.4 Å². The molecule has 0 saturated carbocycles. The van der Waals surface area contributed by atoms with Gasteiger partial charge in [0, 0.05) is 24.8 Å². The van der Waals surface area contributed by atoms with Crippen molar-refractivity contribution in [2.75, 3.05) is 19.8 Å². The van der Waals surface area contributed by atoms with Crippen LogP contribution in [0.5, 0.6) is 0 Å². The normalized spacial score (nSPS) is 12.0. The Labute approximate surface area is 91.3 Å². The predicted octanol–water partition coefficient (Wildman–Crippen LogP) is 0.856. The van der Waals surface area contributed by atoms with Crippen LogP contribution < -0.4 is 5.32 Å². The fraction of sp³-hybridized carbons (Fsp3) is 0.727. The zero-order chi connectivity index (χ0) is 11.7. The smallest absolute Gasteiger partial charge is 0.330 e. The highest BCUT2D eigenvalue weighted by Gasteiger charge is 2.14. The minimum atomic E-state index is -0.320. The first kappa shape index (κ1) is 14.1. The van der Waals surface area contributed by atoms with E-state index in [4.69, 9.17) is 9.84 Å². The number of nitrogens with one attached hydrogen (secondary N) is 1. The quantitative estimate of drug-likeness (QED) is 0.488. The molecule has 4 heteroatoms. The van der Waals surface area contributed by atoms with E-state index in [0.717, 1.165) is 0 Å². The van der Waals surface area contributed by atoms with Gasteiger partial charge in [0.1, 0.15) is 0 Å². The largest absolute Gasteiger partial charge is 0.463 e. The molecule has 2 N–H and O–H groups in total. The SMILES string of the molecule is CCOC(=O)/C=C/CNC(C)(C)CCO. The molecule has 15 heavy (non-hydrogen) atoms. The van der Waals surface area contributed by atoms with E-state index < -0.39 is 0 Å². The third-order valence-corrected chi connectivity index (χ3v) is 1.98. The Morgan fingerprint density at radius 2 is 2.20 bits per heavy atom. The van der Waals surface area contributed by atoms with Crippen LogP contribution in [0.3, 0.4) is 0 Å². The minimum absolute atomic E-state index is 0.117. The van der Waals surface area contributed by atoms with Gasteiger partial charge in [-0.1, -0.05) is 6.08 Å². The van der Waals surface area contributed by atoms with Crippen molar-refractivity contribution in [3.05, 3.63) is 12.2 Å². The second-order valence-electron chi connectivity index (χ2n) is 3.89. The number of ether oxygens (including phenoxy) is 1. The molecule has 0 saturated heterocycles. The Balaban J connectivity index is 3.73. The first-order valence-corrected chi connectivity index (χ1v) is 5.21. The predicted molar refractivity (Wildman–Crippen MR) is 59.6 cm³/mol. The molecular formula is C11H21NO3. The summed E-state index contributed by atoms with van der Waals surface area (Å²) in [6.45, 7) is 6.91. The van der Waals surface area contributed by atoms with Crippen LogP contribution in [0.4, 0.5) is 0 Å². The first-order chi connectivity index (χ1) is 7.02. The number of hydrogen-bond donors (Lipinski definition) is 2. The lowest BCUT2D eigenvalue weighted by atomic mass is 10.0. The topological polar surface area (TPSA) is 58.6 Å². The summed E-state index contributed by atoms with van der Waals surface area (Å²) in [5.41, 5.74) is -0.117. The number of rotatable bonds is 7. The molecule has 0 aliphatic rings. The van der Waals surface area contributed by atoms with E-state index in [2.05, 4.69) is 5.32 Å². The Kier molecular flexibility index (Phi) is 6.99. The summed E-state index contributed by atoms with van der Waals surface area (Å²) in [5, 5.41) is 12.0. The lowest BCUT2D eigenvalue weighted by Gasteiger charge is -2.24. The van der Waals surface area contributed by atoms with E-state index in [1.807, 2.05) is 13.8 Å². The van der Waals surface area contributed by atoms with Crippen molar-refractivity contribution in [2.45, 2.75) is 32.7 Å². The molecule has 0 bridgehead atoms. The van der Waals surface area contributed by atoms with Gasteiger partial charge in [0.25, 0.3) is 0 Å². The highest BCUT2D eigenvalue weighted by atomic mass is 16.5. The molecule has 0 atom stereocenters. The standard InChI is InChI=1S/C11H21NO3/c1-4-15-10(14)6-5-8-12-11(2,3)7-9-13/h5-6,12-13H,4,7-9H2,1-3H3/b6-5+. The summed E-state index contributed by atoms with van der Waals surface area (Å²) in [5.74, 6) is -0.320. The zero-order valence-corrected chi connectivity index (χ0v) is 9.75. The summed E-state index contributed by atoms with van der Waals surface area (Å²) in [4.78, 5) is 10.9. The van der Waals surface area contributed by atoms with Gasteiger partial charge in [0.05, 0.1) is 6.61 Å². The second-order valence-corrected chi connectivity index (χ2v) is 3.89. The first-order valence-electron chi connectivity index (χ1n) is 5.21. The number of esters is 1. The van der Waals surface area contributed by atoms with Crippen molar-refractivity contribution in [1.29, 1.82) is 0 Å². The van der Waals surface area contributed by atoms with Crippen LogP contribution in [0, 0.1) is 0 Å². The number of hydrogen-bond acceptors (Lipinski definition) is 4. The Morgan fingerprint density at radius 1 is 1.53 bits per heavy atom. The molecule has 0 spiro atoms. The summed E-state index contributed by atoms with van der Waals surface area (Å²) in [6, 6.07) is 0. The molecule has 0 aromatic rings. The third-order valence-electron chi connectivity index (χ3n) is 1.98. The van der Waals surface area contributed by atoms with E-state index >= 15 is 0 Å². The van der Waals surface area contributed by atoms with Gasteiger partial charge in [0.2, 0.25) is 0 Å². The lowest BCUT2D eigenvalue weighted by Crippen LogP contribution is -2.40. The fourth-order valence-electron chi connectivity index (χ4n) is 1.05. The van der Waals surface area contributed by atoms with Gasteiger partial charge in [-0.3, -0.25) is 0 Å². The molecule has 0 fully saturated rings. The van der Waals surface area contributed by atoms with Crippen molar-refractivity contribution in [1.82, 2.24) is 5.32 Å². The Bertz CT molecular complexity index is 212. The van der Waals surface area contributed by atoms with Gasteiger partial charge in [-0.2, -0.15) is 0 Å². The lowest BCUT2D eigenvalue weighted by molar-refractivity contribution is -0.137. The Morgan fingerprint density at radius 3 is 2.73 bits per heavy atom. The van der Waals surface area contributed by atoms with Crippen LogP contribution in [0.1, 0.15) is 27.2 Å². The van der Waals surface area contributed by atoms with Crippen molar-refractivity contribution in [3.8, 4) is 0 Å². The molecule has 0 aliphatic carbocycles. The summed E-state index contributed by atoms with van der Waals surface area (Å²) < 4.78 is 4.73. The molecule has 0 aromatic heterocycles. The van der Waals surface area contributed by atoms with Crippen LogP contribution in [0.15, 0.2) is 12.2 Å². The van der Waals surface area contributed by atoms with Crippen molar-refractivity contribution >= 4 is 5.97 Å². The van der Waals surface area contributed by atoms with Crippen LogP contribution >= 0.6 is 0 Å². The van der Waals surface area contributed by atoms with Crippen LogP contribution in [0.25, 0.3) is 0 Å². The van der Waals surface area contributed by atoms with Crippen LogP contribution in [-0.2, 0) is 9.53 Å². The van der Waals surface area contributed by atoms with Gasteiger partial charge in [-0.15, -0.1) is 0 Å². The second kappa shape index (κ2) is 7.43. The third kappa shape index (κ3) is 8.15. The molecule has 0 heterocycles. The summed E-state index contributed by atoms with van der Waals surface area (Å²) in [7, 11) is 0. The van der Waals surface area contributed by atoms with Crippen molar-refractivity contribution < 1.29 is 14.6 Å². The van der Waals surface area contributed by atoms with Gasteiger partial charge in [-0.25, -0.2) is 4.79 Å². The van der Waals surface area contributed by atoms with Gasteiger partial charge in [0.15, 0.2) is 0 Å². The van der Waals surface area contributed by atoms with E-state index in [-0.39, 0.29) is 18.1 Å². The highest BCUT2D eigenvalue weighted by molar-refractivity contribution is 5.81. The van der Waals surface area contributed by atoms with Gasteiger partial charge >= 0.3 is 5.97 Å². The molecule has 0 aliphatic heterocycles. The molecule has 88 valence electrons. The number of aliphatic hydroxyl groups is 1. The summed E-state index contributed by atoms with van der Waals surface area (Å²) in [6.07, 6.45) is 3.81. The maximum atomic E-state index is 10.9. The van der Waals surface area contributed by atoms with E-state index in [1.54, 1.807) is 13.0 Å². The highest BCUT2D eigenvalue weighted by Crippen LogP contribution is 2.06. The molecule has 0 aromatic carbocycles. The monoisotopic (exact) mass is 215 g/mol. The number of carbonyl (C=O) groups excluding carboxylic acids is 1. The van der Waals surface area contributed by atoms with E-state index in [9.17, 15) is 4.79 Å².